The minimum Gasteiger partial charge on any atom is -0.350 e. The highest BCUT2D eigenvalue weighted by Gasteiger charge is 2.70. The Morgan fingerprint density at radius 2 is 1.89 bits per heavy atom. The Balaban J connectivity index is 1.29. The monoisotopic (exact) mass is 509 g/mol. The van der Waals surface area contributed by atoms with E-state index in [1.807, 2.05) is 25.2 Å². The number of alkyl halides is 3. The van der Waals surface area contributed by atoms with Gasteiger partial charge in [0.1, 0.15) is 18.1 Å². The predicted molar refractivity (Wildman–Crippen MR) is 117 cm³/mol. The molecule has 196 valence electrons. The summed E-state index contributed by atoms with van der Waals surface area (Å²) >= 11 is 0. The summed E-state index contributed by atoms with van der Waals surface area (Å²) in [5.41, 5.74) is -0.403. The number of fused-ring (bicyclic) bond motifs is 1. The fraction of sp³-hybridized carbons (Fsp3) is 0.792. The van der Waals surface area contributed by atoms with Crippen molar-refractivity contribution >= 4 is 23.6 Å². The molecule has 1 spiro atoms. The number of hydrogen-bond acceptors (Lipinski definition) is 5. The molecular formula is C24H30F3N5O4. The first-order chi connectivity index (χ1) is 16.8. The van der Waals surface area contributed by atoms with Crippen LogP contribution < -0.4 is 16.0 Å². The summed E-state index contributed by atoms with van der Waals surface area (Å²) in [6, 6.07) is -1.20. The van der Waals surface area contributed by atoms with Crippen LogP contribution in [0.1, 0.15) is 52.4 Å². The van der Waals surface area contributed by atoms with E-state index in [9.17, 15) is 37.6 Å². The average molecular weight is 510 g/mol. The van der Waals surface area contributed by atoms with E-state index in [-0.39, 0.29) is 47.6 Å². The van der Waals surface area contributed by atoms with E-state index in [2.05, 4.69) is 10.6 Å². The number of halogens is 3. The standard InChI is InChI=1S/C24H30F3N5O4/c1-22(2)14-10-32(20(35)16(11-3-4-11)30-21(36)24(25,26)27)17(15(14)22)19(34)29-13(9-28)7-12-8-23(5-6-23)31-18(12)33/h11-17H,3-8,10H2,1-2H3,(H,29,34)(H,30,36)(H,31,33)/t12-,13+,14+,15+,16+,17+/m1/s1. The first-order valence-corrected chi connectivity index (χ1v) is 12.5. The molecule has 0 aromatic heterocycles. The van der Waals surface area contributed by atoms with Gasteiger partial charge in [-0.05, 0) is 61.7 Å². The lowest BCUT2D eigenvalue weighted by Gasteiger charge is -2.33. The number of carbonyl (C=O) groups is 4. The maximum atomic E-state index is 13.4. The van der Waals surface area contributed by atoms with E-state index in [0.29, 0.717) is 19.3 Å². The Bertz CT molecular complexity index is 1050. The second-order valence-electron chi connectivity index (χ2n) is 11.8. The molecule has 5 fully saturated rings. The largest absolute Gasteiger partial charge is 0.471 e. The number of nitrogens with one attached hydrogen (secondary N) is 3. The Hall–Kier alpha value is -2.84. The van der Waals surface area contributed by atoms with E-state index in [1.54, 1.807) is 0 Å². The lowest BCUT2D eigenvalue weighted by atomic mass is 9.95. The predicted octanol–water partition coefficient (Wildman–Crippen LogP) is 0.994. The number of carbonyl (C=O) groups excluding carboxylic acids is 4. The van der Waals surface area contributed by atoms with E-state index in [4.69, 9.17) is 0 Å². The van der Waals surface area contributed by atoms with Crippen molar-refractivity contribution in [1.29, 1.82) is 5.26 Å². The van der Waals surface area contributed by atoms with Crippen LogP contribution in [0.15, 0.2) is 0 Å². The zero-order chi connectivity index (χ0) is 26.2. The van der Waals surface area contributed by atoms with E-state index in [0.717, 1.165) is 12.8 Å². The van der Waals surface area contributed by atoms with Gasteiger partial charge >= 0.3 is 12.1 Å². The molecule has 3 aliphatic carbocycles. The van der Waals surface area contributed by atoms with Crippen molar-refractivity contribution in [3.8, 4) is 6.07 Å². The topological polar surface area (TPSA) is 131 Å². The molecule has 2 aliphatic heterocycles. The average Bonchev–Trinajstić information content (AvgIpc) is 3.74. The number of piperidine rings is 1. The highest BCUT2D eigenvalue weighted by molar-refractivity contribution is 5.95. The molecule has 2 heterocycles. The highest BCUT2D eigenvalue weighted by atomic mass is 19.4. The van der Waals surface area contributed by atoms with Crippen LogP contribution in [0.5, 0.6) is 0 Å². The fourth-order valence-corrected chi connectivity index (χ4v) is 6.36. The molecule has 0 aromatic carbocycles. The summed E-state index contributed by atoms with van der Waals surface area (Å²) in [5.74, 6) is -4.56. The van der Waals surface area contributed by atoms with Crippen LogP contribution in [0.3, 0.4) is 0 Å². The van der Waals surface area contributed by atoms with Crippen LogP contribution in [0, 0.1) is 40.4 Å². The van der Waals surface area contributed by atoms with Crippen LogP contribution in [0.25, 0.3) is 0 Å². The highest BCUT2D eigenvalue weighted by Crippen LogP contribution is 2.65. The molecule has 4 amide bonds. The van der Waals surface area contributed by atoms with Crippen LogP contribution in [0.4, 0.5) is 13.2 Å². The maximum absolute atomic E-state index is 13.4. The third kappa shape index (κ3) is 4.30. The fourth-order valence-electron chi connectivity index (χ4n) is 6.36. The molecule has 0 radical (unpaired) electrons. The minimum atomic E-state index is -5.12. The van der Waals surface area contributed by atoms with E-state index >= 15 is 0 Å². The van der Waals surface area contributed by atoms with E-state index in [1.165, 1.54) is 4.90 Å². The summed E-state index contributed by atoms with van der Waals surface area (Å²) in [7, 11) is 0. The second kappa shape index (κ2) is 8.08. The lowest BCUT2D eigenvalue weighted by Crippen LogP contribution is -2.58. The molecular weight excluding hydrogens is 479 g/mol. The van der Waals surface area contributed by atoms with Gasteiger partial charge in [-0.3, -0.25) is 19.2 Å². The van der Waals surface area contributed by atoms with Crippen LogP contribution >= 0.6 is 0 Å². The Morgan fingerprint density at radius 1 is 1.22 bits per heavy atom. The molecule has 6 atom stereocenters. The van der Waals surface area contributed by atoms with Gasteiger partial charge in [0, 0.05) is 18.0 Å². The number of nitrogens with zero attached hydrogens (tertiary/aromatic N) is 2. The Morgan fingerprint density at radius 3 is 2.42 bits per heavy atom. The number of likely N-dealkylation sites (tertiary alicyclic amines) is 1. The quantitative estimate of drug-likeness (QED) is 0.471. The maximum Gasteiger partial charge on any atom is 0.471 e. The molecule has 2 saturated heterocycles. The zero-order valence-electron chi connectivity index (χ0n) is 20.2. The van der Waals surface area contributed by atoms with Crippen LogP contribution in [-0.2, 0) is 19.2 Å². The normalized spacial score (nSPS) is 32.7. The molecule has 12 heteroatoms. The van der Waals surface area contributed by atoms with Crippen molar-refractivity contribution in [2.45, 2.75) is 82.2 Å². The first-order valence-electron chi connectivity index (χ1n) is 12.5. The van der Waals surface area contributed by atoms with Crippen molar-refractivity contribution < 1.29 is 32.3 Å². The van der Waals surface area contributed by atoms with Crippen LogP contribution in [0.2, 0.25) is 0 Å². The summed E-state index contributed by atoms with van der Waals surface area (Å²) in [5, 5.41) is 17.2. The summed E-state index contributed by atoms with van der Waals surface area (Å²) in [6.07, 6.45) is -1.51. The van der Waals surface area contributed by atoms with Crippen molar-refractivity contribution in [2.24, 2.45) is 29.1 Å². The van der Waals surface area contributed by atoms with Gasteiger partial charge in [-0.1, -0.05) is 13.8 Å². The Labute approximate surface area is 206 Å². The number of nitriles is 1. The zero-order valence-corrected chi connectivity index (χ0v) is 20.2. The number of rotatable bonds is 7. The lowest BCUT2D eigenvalue weighted by molar-refractivity contribution is -0.175. The molecule has 5 rings (SSSR count). The van der Waals surface area contributed by atoms with Gasteiger partial charge in [0.05, 0.1) is 6.07 Å². The minimum absolute atomic E-state index is 0.00811. The smallest absolute Gasteiger partial charge is 0.350 e. The first kappa shape index (κ1) is 24.8. The van der Waals surface area contributed by atoms with Crippen LogP contribution in [-0.4, -0.2) is 64.9 Å². The summed E-state index contributed by atoms with van der Waals surface area (Å²) < 4.78 is 38.6. The number of hydrogen-bond donors (Lipinski definition) is 3. The molecule has 0 bridgehead atoms. The van der Waals surface area contributed by atoms with Gasteiger partial charge in [0.15, 0.2) is 0 Å². The van der Waals surface area contributed by atoms with Crippen molar-refractivity contribution in [1.82, 2.24) is 20.9 Å². The van der Waals surface area contributed by atoms with Gasteiger partial charge in [-0.2, -0.15) is 18.4 Å². The summed E-state index contributed by atoms with van der Waals surface area (Å²) in [6.45, 7) is 4.13. The van der Waals surface area contributed by atoms with Gasteiger partial charge < -0.3 is 20.9 Å². The molecule has 3 N–H and O–H groups in total. The van der Waals surface area contributed by atoms with Gasteiger partial charge in [-0.25, -0.2) is 0 Å². The summed E-state index contributed by atoms with van der Waals surface area (Å²) in [4.78, 5) is 52.0. The van der Waals surface area contributed by atoms with Gasteiger partial charge in [-0.15, -0.1) is 0 Å². The van der Waals surface area contributed by atoms with Crippen molar-refractivity contribution in [2.75, 3.05) is 6.54 Å². The number of amides is 4. The third-order valence-corrected chi connectivity index (χ3v) is 8.91. The molecule has 0 aromatic rings. The molecule has 9 nitrogen and oxygen atoms in total. The molecule has 36 heavy (non-hydrogen) atoms. The van der Waals surface area contributed by atoms with Crippen molar-refractivity contribution in [3.63, 3.8) is 0 Å². The van der Waals surface area contributed by atoms with E-state index < -0.39 is 47.9 Å². The molecule has 0 unspecified atom stereocenters. The second-order valence-corrected chi connectivity index (χ2v) is 11.8. The van der Waals surface area contributed by atoms with Gasteiger partial charge in [0.25, 0.3) is 0 Å². The SMILES string of the molecule is CC1(C)[C@@H]2[C@@H](C(=O)N[C@H](C#N)C[C@@H]3CC4(CC4)NC3=O)N(C(=O)[C@@H](NC(=O)C(F)(F)F)C3CC3)C[C@@H]21. The molecule has 5 aliphatic rings. The molecule has 3 saturated carbocycles. The van der Waals surface area contributed by atoms with Crippen molar-refractivity contribution in [3.05, 3.63) is 0 Å². The third-order valence-electron chi connectivity index (χ3n) is 8.91. The Kier molecular flexibility index (Phi) is 5.58. The van der Waals surface area contributed by atoms with Gasteiger partial charge in [0.2, 0.25) is 17.7 Å².